The predicted octanol–water partition coefficient (Wildman–Crippen LogP) is 3.01. The van der Waals surface area contributed by atoms with E-state index < -0.39 is 17.5 Å². The minimum atomic E-state index is -1.08. The molecule has 6 nitrogen and oxygen atoms in total. The van der Waals surface area contributed by atoms with Gasteiger partial charge in [-0.3, -0.25) is 14.4 Å². The molecule has 2 heterocycles. The molecule has 6 heteroatoms. The zero-order valence-corrected chi connectivity index (χ0v) is 16.8. The van der Waals surface area contributed by atoms with Crippen LogP contribution in [0.2, 0.25) is 0 Å². The molecule has 152 valence electrons. The fourth-order valence-corrected chi connectivity index (χ4v) is 4.08. The molecule has 0 amide bonds. The van der Waals surface area contributed by atoms with Gasteiger partial charge in [0, 0.05) is 32.0 Å². The van der Waals surface area contributed by atoms with Gasteiger partial charge >= 0.3 is 5.97 Å². The molecular weight excluding hydrogens is 354 g/mol. The number of aliphatic hydroxyl groups is 1. The van der Waals surface area contributed by atoms with Crippen LogP contribution in [0.4, 0.5) is 0 Å². The Bertz CT molecular complexity index is 775. The lowest BCUT2D eigenvalue weighted by Crippen LogP contribution is -2.55. The van der Waals surface area contributed by atoms with E-state index in [-0.39, 0.29) is 0 Å². The van der Waals surface area contributed by atoms with Crippen LogP contribution in [0, 0.1) is 11.3 Å². The first-order valence-electron chi connectivity index (χ1n) is 10.1. The number of piperidine rings is 1. The van der Waals surface area contributed by atoms with Crippen molar-refractivity contribution >= 4 is 5.97 Å². The van der Waals surface area contributed by atoms with Crippen LogP contribution in [0.5, 0.6) is 0 Å². The quantitative estimate of drug-likeness (QED) is 0.730. The van der Waals surface area contributed by atoms with Gasteiger partial charge in [0.15, 0.2) is 0 Å². The SMILES string of the molecule is CC(C)CC[C@@]1(C(=O)O)CN(Cc2ccccc2Cn2cccn2)CC[C@H]1O. The zero-order chi connectivity index (χ0) is 20.1. The maximum Gasteiger partial charge on any atom is 0.313 e. The van der Waals surface area contributed by atoms with Crippen molar-refractivity contribution in [1.29, 1.82) is 0 Å². The van der Waals surface area contributed by atoms with Crippen LogP contribution in [0.1, 0.15) is 44.2 Å². The summed E-state index contributed by atoms with van der Waals surface area (Å²) in [4.78, 5) is 14.4. The molecule has 1 aliphatic rings. The first-order valence-corrected chi connectivity index (χ1v) is 10.1. The van der Waals surface area contributed by atoms with Gasteiger partial charge in [-0.05, 0) is 42.4 Å². The molecule has 2 N–H and O–H groups in total. The van der Waals surface area contributed by atoms with E-state index >= 15 is 0 Å². The lowest BCUT2D eigenvalue weighted by molar-refractivity contribution is -0.165. The molecule has 2 aromatic rings. The van der Waals surface area contributed by atoms with Gasteiger partial charge in [0.25, 0.3) is 0 Å². The maximum absolute atomic E-state index is 12.2. The van der Waals surface area contributed by atoms with Crippen LogP contribution in [0.15, 0.2) is 42.7 Å². The number of aliphatic hydroxyl groups excluding tert-OH is 1. The van der Waals surface area contributed by atoms with Crippen LogP contribution in [-0.2, 0) is 17.9 Å². The number of aromatic nitrogens is 2. The topological polar surface area (TPSA) is 78.6 Å². The molecule has 0 saturated carbocycles. The molecule has 1 saturated heterocycles. The molecule has 0 bridgehead atoms. The Morgan fingerprint density at radius 2 is 1.96 bits per heavy atom. The number of carboxylic acid groups (broad SMARTS) is 1. The third kappa shape index (κ3) is 4.62. The van der Waals surface area contributed by atoms with Crippen LogP contribution < -0.4 is 0 Å². The Morgan fingerprint density at radius 1 is 1.25 bits per heavy atom. The van der Waals surface area contributed by atoms with Crippen molar-refractivity contribution < 1.29 is 15.0 Å². The average Bonchev–Trinajstić information content (AvgIpc) is 3.16. The number of aliphatic carboxylic acids is 1. The lowest BCUT2D eigenvalue weighted by atomic mass is 9.72. The van der Waals surface area contributed by atoms with E-state index in [0.717, 1.165) is 6.42 Å². The van der Waals surface area contributed by atoms with Gasteiger partial charge in [-0.2, -0.15) is 5.10 Å². The lowest BCUT2D eigenvalue weighted by Gasteiger charge is -2.44. The Kier molecular flexibility index (Phi) is 6.52. The van der Waals surface area contributed by atoms with E-state index in [1.165, 1.54) is 11.1 Å². The molecular formula is C22H31N3O3. The number of nitrogens with zero attached hydrogens (tertiary/aromatic N) is 3. The number of hydrogen-bond acceptors (Lipinski definition) is 4. The second-order valence-electron chi connectivity index (χ2n) is 8.38. The Balaban J connectivity index is 1.77. The molecule has 1 aromatic heterocycles. The second-order valence-corrected chi connectivity index (χ2v) is 8.38. The van der Waals surface area contributed by atoms with Crippen molar-refractivity contribution in [2.75, 3.05) is 13.1 Å². The molecule has 3 rings (SSSR count). The van der Waals surface area contributed by atoms with E-state index in [4.69, 9.17) is 0 Å². The highest BCUT2D eigenvalue weighted by Gasteiger charge is 2.48. The summed E-state index contributed by atoms with van der Waals surface area (Å²) in [5, 5.41) is 24.9. The zero-order valence-electron chi connectivity index (χ0n) is 16.8. The largest absolute Gasteiger partial charge is 0.481 e. The molecule has 0 spiro atoms. The van der Waals surface area contributed by atoms with Gasteiger partial charge in [-0.1, -0.05) is 38.1 Å². The first kappa shape index (κ1) is 20.6. The van der Waals surface area contributed by atoms with Crippen LogP contribution >= 0.6 is 0 Å². The molecule has 2 atom stereocenters. The van der Waals surface area contributed by atoms with Gasteiger partial charge in [-0.15, -0.1) is 0 Å². The molecule has 0 aliphatic carbocycles. The molecule has 1 fully saturated rings. The number of hydrogen-bond donors (Lipinski definition) is 2. The maximum atomic E-state index is 12.2. The van der Waals surface area contributed by atoms with Crippen LogP contribution in [0.3, 0.4) is 0 Å². The molecule has 0 unspecified atom stereocenters. The van der Waals surface area contributed by atoms with Gasteiger partial charge < -0.3 is 10.2 Å². The molecule has 28 heavy (non-hydrogen) atoms. The summed E-state index contributed by atoms with van der Waals surface area (Å²) in [7, 11) is 0. The number of likely N-dealkylation sites (tertiary alicyclic amines) is 1. The summed E-state index contributed by atoms with van der Waals surface area (Å²) >= 11 is 0. The summed E-state index contributed by atoms with van der Waals surface area (Å²) in [6.45, 7) is 6.64. The third-order valence-corrected chi connectivity index (χ3v) is 5.86. The highest BCUT2D eigenvalue weighted by atomic mass is 16.4. The first-order chi connectivity index (χ1) is 13.4. The Labute approximate surface area is 166 Å². The fraction of sp³-hybridized carbons (Fsp3) is 0.545. The van der Waals surface area contributed by atoms with Crippen molar-refractivity contribution in [3.8, 4) is 0 Å². The van der Waals surface area contributed by atoms with Crippen molar-refractivity contribution in [3.05, 3.63) is 53.9 Å². The third-order valence-electron chi connectivity index (χ3n) is 5.86. The summed E-state index contributed by atoms with van der Waals surface area (Å²) in [6.07, 6.45) is 4.71. The molecule has 1 aromatic carbocycles. The Hall–Kier alpha value is -2.18. The average molecular weight is 386 g/mol. The number of carboxylic acids is 1. The highest BCUT2D eigenvalue weighted by molar-refractivity contribution is 5.76. The van der Waals surface area contributed by atoms with E-state index in [9.17, 15) is 15.0 Å². The van der Waals surface area contributed by atoms with E-state index in [0.29, 0.717) is 44.9 Å². The van der Waals surface area contributed by atoms with E-state index in [1.807, 2.05) is 29.1 Å². The van der Waals surface area contributed by atoms with Gasteiger partial charge in [0.2, 0.25) is 0 Å². The molecule has 1 aliphatic heterocycles. The smallest absolute Gasteiger partial charge is 0.313 e. The van der Waals surface area contributed by atoms with Crippen molar-refractivity contribution in [3.63, 3.8) is 0 Å². The predicted molar refractivity (Wildman–Crippen MR) is 108 cm³/mol. The number of benzene rings is 1. The van der Waals surface area contributed by atoms with Crippen LogP contribution in [0.25, 0.3) is 0 Å². The van der Waals surface area contributed by atoms with Crippen LogP contribution in [-0.4, -0.2) is 50.1 Å². The minimum absolute atomic E-state index is 0.381. The van der Waals surface area contributed by atoms with Crippen molar-refractivity contribution in [1.82, 2.24) is 14.7 Å². The summed E-state index contributed by atoms with van der Waals surface area (Å²) in [5.74, 6) is -0.469. The van der Waals surface area contributed by atoms with Gasteiger partial charge in [-0.25, -0.2) is 0 Å². The fourth-order valence-electron chi connectivity index (χ4n) is 4.08. The number of carbonyl (C=O) groups is 1. The standard InChI is InChI=1S/C22H31N3O3/c1-17(2)8-10-22(21(27)28)16-24(13-9-20(22)26)14-18-6-3-4-7-19(18)15-25-12-5-11-23-25/h3-7,11-12,17,20,26H,8-10,13-16H2,1-2H3,(H,27,28)/t20-,22-/m1/s1. The van der Waals surface area contributed by atoms with Crippen molar-refractivity contribution in [2.24, 2.45) is 11.3 Å². The van der Waals surface area contributed by atoms with Crippen molar-refractivity contribution in [2.45, 2.75) is 52.3 Å². The summed E-state index contributed by atoms with van der Waals surface area (Å²) in [5.41, 5.74) is 1.28. The molecule has 0 radical (unpaired) electrons. The monoisotopic (exact) mass is 385 g/mol. The van der Waals surface area contributed by atoms with E-state index in [1.54, 1.807) is 6.20 Å². The highest BCUT2D eigenvalue weighted by Crippen LogP contribution is 2.37. The summed E-state index contributed by atoms with van der Waals surface area (Å²) < 4.78 is 1.89. The van der Waals surface area contributed by atoms with Gasteiger partial charge in [0.1, 0.15) is 5.41 Å². The number of rotatable bonds is 8. The Morgan fingerprint density at radius 3 is 2.57 bits per heavy atom. The van der Waals surface area contributed by atoms with Gasteiger partial charge in [0.05, 0.1) is 12.6 Å². The second kappa shape index (κ2) is 8.88. The minimum Gasteiger partial charge on any atom is -0.481 e. The normalized spacial score (nSPS) is 23.2. The summed E-state index contributed by atoms with van der Waals surface area (Å²) in [6, 6.07) is 10.1. The van der Waals surface area contributed by atoms with E-state index in [2.05, 4.69) is 36.0 Å².